The van der Waals surface area contributed by atoms with Crippen LogP contribution in [0.5, 0.6) is 0 Å². The molecule has 0 aromatic carbocycles. The maximum absolute atomic E-state index is 5.94. The zero-order valence-electron chi connectivity index (χ0n) is 14.5. The highest BCUT2D eigenvalue weighted by atomic mass is 16.3. The molecule has 1 aromatic rings. The average Bonchev–Trinajstić information content (AvgIpc) is 2.94. The first-order valence-corrected chi connectivity index (χ1v) is 9.44. The van der Waals surface area contributed by atoms with Crippen molar-refractivity contribution in [3.8, 4) is 0 Å². The van der Waals surface area contributed by atoms with Gasteiger partial charge in [-0.05, 0) is 25.0 Å². The summed E-state index contributed by atoms with van der Waals surface area (Å²) in [5.41, 5.74) is 0. The van der Waals surface area contributed by atoms with Gasteiger partial charge in [-0.3, -0.25) is 0 Å². The Labute approximate surface area is 132 Å². The van der Waals surface area contributed by atoms with E-state index in [-0.39, 0.29) is 0 Å². The van der Waals surface area contributed by atoms with Crippen molar-refractivity contribution in [3.05, 3.63) is 23.7 Å². The monoisotopic (exact) mass is 292 g/mol. The Kier molecular flexibility index (Phi) is 11.3. The van der Waals surface area contributed by atoms with E-state index >= 15 is 0 Å². The average molecular weight is 293 g/mol. The highest BCUT2D eigenvalue weighted by molar-refractivity contribution is 5.07. The molecule has 0 spiro atoms. The third-order valence-corrected chi connectivity index (χ3v) is 4.27. The fourth-order valence-corrected chi connectivity index (χ4v) is 2.85. The molecule has 1 heteroatoms. The van der Waals surface area contributed by atoms with Gasteiger partial charge in [0.1, 0.15) is 11.5 Å². The van der Waals surface area contributed by atoms with E-state index in [9.17, 15) is 0 Å². The number of rotatable bonds is 14. The maximum atomic E-state index is 5.94. The molecule has 0 saturated heterocycles. The van der Waals surface area contributed by atoms with Gasteiger partial charge in [0, 0.05) is 12.8 Å². The quantitative estimate of drug-likeness (QED) is 0.334. The van der Waals surface area contributed by atoms with E-state index in [1.807, 2.05) is 0 Å². The fraction of sp³-hybridized carbons (Fsp3) is 0.800. The summed E-state index contributed by atoms with van der Waals surface area (Å²) in [7, 11) is 0. The molecule has 0 unspecified atom stereocenters. The number of hydrogen-bond donors (Lipinski definition) is 0. The van der Waals surface area contributed by atoms with Crippen molar-refractivity contribution in [2.45, 2.75) is 104 Å². The van der Waals surface area contributed by atoms with Crippen LogP contribution >= 0.6 is 0 Å². The van der Waals surface area contributed by atoms with E-state index in [1.165, 1.54) is 88.6 Å². The van der Waals surface area contributed by atoms with Crippen molar-refractivity contribution in [2.24, 2.45) is 0 Å². The lowest BCUT2D eigenvalue weighted by molar-refractivity contribution is 0.445. The summed E-state index contributed by atoms with van der Waals surface area (Å²) in [6.45, 7) is 4.54. The third kappa shape index (κ3) is 9.77. The predicted octanol–water partition coefficient (Wildman–Crippen LogP) is 7.09. The standard InChI is InChI=1S/C20H36O/c1-3-5-7-9-11-13-15-19-17-18-20(21-19)16-14-12-10-8-6-4-2/h17-18H,3-16H2,1-2H3. The lowest BCUT2D eigenvalue weighted by Crippen LogP contribution is -1.85. The molecule has 1 nitrogen and oxygen atoms in total. The molecular weight excluding hydrogens is 256 g/mol. The van der Waals surface area contributed by atoms with E-state index in [2.05, 4.69) is 26.0 Å². The van der Waals surface area contributed by atoms with Crippen molar-refractivity contribution >= 4 is 0 Å². The Morgan fingerprint density at radius 3 is 1.38 bits per heavy atom. The van der Waals surface area contributed by atoms with Gasteiger partial charge in [0.15, 0.2) is 0 Å². The highest BCUT2D eigenvalue weighted by Gasteiger charge is 2.02. The molecule has 0 saturated carbocycles. The van der Waals surface area contributed by atoms with Crippen LogP contribution in [0.3, 0.4) is 0 Å². The van der Waals surface area contributed by atoms with Crippen LogP contribution in [0.25, 0.3) is 0 Å². The van der Waals surface area contributed by atoms with Gasteiger partial charge >= 0.3 is 0 Å². The summed E-state index contributed by atoms with van der Waals surface area (Å²) in [6, 6.07) is 4.39. The molecule has 0 N–H and O–H groups in total. The van der Waals surface area contributed by atoms with Crippen LogP contribution in [0.4, 0.5) is 0 Å². The smallest absolute Gasteiger partial charge is 0.104 e. The number of furan rings is 1. The van der Waals surface area contributed by atoms with Crippen molar-refractivity contribution in [3.63, 3.8) is 0 Å². The zero-order chi connectivity index (χ0) is 15.2. The van der Waals surface area contributed by atoms with Crippen LogP contribution in [0.2, 0.25) is 0 Å². The predicted molar refractivity (Wildman–Crippen MR) is 92.9 cm³/mol. The zero-order valence-corrected chi connectivity index (χ0v) is 14.5. The minimum atomic E-state index is 1.13. The molecular formula is C20H36O. The lowest BCUT2D eigenvalue weighted by atomic mass is 10.1. The summed E-state index contributed by atoms with van der Waals surface area (Å²) in [4.78, 5) is 0. The van der Waals surface area contributed by atoms with Gasteiger partial charge in [0.05, 0.1) is 0 Å². The van der Waals surface area contributed by atoms with Gasteiger partial charge in [0.2, 0.25) is 0 Å². The molecule has 0 radical (unpaired) electrons. The van der Waals surface area contributed by atoms with E-state index in [0.717, 1.165) is 12.8 Å². The van der Waals surface area contributed by atoms with Gasteiger partial charge in [-0.2, -0.15) is 0 Å². The number of unbranched alkanes of at least 4 members (excludes halogenated alkanes) is 10. The first-order chi connectivity index (χ1) is 10.4. The molecule has 0 bridgehead atoms. The first kappa shape index (κ1) is 18.3. The van der Waals surface area contributed by atoms with Crippen LogP contribution in [-0.2, 0) is 12.8 Å². The Bertz CT molecular complexity index is 296. The second kappa shape index (κ2) is 13.0. The van der Waals surface area contributed by atoms with Crippen LogP contribution < -0.4 is 0 Å². The molecule has 0 aliphatic heterocycles. The van der Waals surface area contributed by atoms with Gasteiger partial charge in [-0.25, -0.2) is 0 Å². The molecule has 1 heterocycles. The second-order valence-electron chi connectivity index (χ2n) is 6.40. The summed E-state index contributed by atoms with van der Waals surface area (Å²) >= 11 is 0. The van der Waals surface area contributed by atoms with E-state index in [0.29, 0.717) is 0 Å². The highest BCUT2D eigenvalue weighted by Crippen LogP contribution is 2.16. The summed E-state index contributed by atoms with van der Waals surface area (Å²) in [5, 5.41) is 0. The number of hydrogen-bond acceptors (Lipinski definition) is 1. The molecule has 0 aliphatic carbocycles. The maximum Gasteiger partial charge on any atom is 0.104 e. The normalized spacial score (nSPS) is 11.1. The summed E-state index contributed by atoms with van der Waals surface area (Å²) in [6.07, 6.45) is 18.6. The van der Waals surface area contributed by atoms with Crippen LogP contribution in [0.15, 0.2) is 16.5 Å². The van der Waals surface area contributed by atoms with Gasteiger partial charge in [0.25, 0.3) is 0 Å². The molecule has 122 valence electrons. The minimum Gasteiger partial charge on any atom is -0.466 e. The topological polar surface area (TPSA) is 13.1 Å². The molecule has 0 aliphatic rings. The second-order valence-corrected chi connectivity index (χ2v) is 6.40. The van der Waals surface area contributed by atoms with Gasteiger partial charge in [-0.1, -0.05) is 78.1 Å². The van der Waals surface area contributed by atoms with Crippen molar-refractivity contribution in [2.75, 3.05) is 0 Å². The van der Waals surface area contributed by atoms with Crippen LogP contribution in [0.1, 0.15) is 102 Å². The molecule has 0 amide bonds. The van der Waals surface area contributed by atoms with Crippen molar-refractivity contribution in [1.29, 1.82) is 0 Å². The molecule has 1 aromatic heterocycles. The minimum absolute atomic E-state index is 1.13. The van der Waals surface area contributed by atoms with Crippen molar-refractivity contribution in [1.82, 2.24) is 0 Å². The van der Waals surface area contributed by atoms with Gasteiger partial charge in [-0.15, -0.1) is 0 Å². The Morgan fingerprint density at radius 1 is 0.571 bits per heavy atom. The molecule has 0 atom stereocenters. The van der Waals surface area contributed by atoms with Gasteiger partial charge < -0.3 is 4.42 Å². The summed E-state index contributed by atoms with van der Waals surface area (Å²) in [5.74, 6) is 2.40. The van der Waals surface area contributed by atoms with E-state index in [1.54, 1.807) is 0 Å². The summed E-state index contributed by atoms with van der Waals surface area (Å²) < 4.78 is 5.94. The fourth-order valence-electron chi connectivity index (χ4n) is 2.85. The Morgan fingerprint density at radius 2 is 0.952 bits per heavy atom. The third-order valence-electron chi connectivity index (χ3n) is 4.27. The van der Waals surface area contributed by atoms with E-state index in [4.69, 9.17) is 4.42 Å². The lowest BCUT2D eigenvalue weighted by Gasteiger charge is -2.00. The molecule has 0 fully saturated rings. The Hall–Kier alpha value is -0.720. The van der Waals surface area contributed by atoms with Crippen molar-refractivity contribution < 1.29 is 4.42 Å². The van der Waals surface area contributed by atoms with E-state index < -0.39 is 0 Å². The van der Waals surface area contributed by atoms with Crippen LogP contribution in [-0.4, -0.2) is 0 Å². The largest absolute Gasteiger partial charge is 0.466 e. The van der Waals surface area contributed by atoms with Crippen LogP contribution in [0, 0.1) is 0 Å². The Balaban J connectivity index is 2.01. The molecule has 1 rings (SSSR count). The molecule has 21 heavy (non-hydrogen) atoms. The SMILES string of the molecule is CCCCCCCCc1ccc(CCCCCCCC)o1. The first-order valence-electron chi connectivity index (χ1n) is 9.44. The number of aryl methyl sites for hydroxylation is 2.